The Bertz CT molecular complexity index is 973. The Morgan fingerprint density at radius 3 is 2.16 bits per heavy atom. The molecule has 0 N–H and O–H groups in total. The monoisotopic (exact) mass is 464 g/mol. The highest BCUT2D eigenvalue weighted by molar-refractivity contribution is 7.86. The van der Waals surface area contributed by atoms with Crippen molar-refractivity contribution >= 4 is 27.7 Å². The molecule has 1 atom stereocenters. The van der Waals surface area contributed by atoms with Crippen LogP contribution in [-0.4, -0.2) is 71.7 Å². The number of hydrogen-bond donors (Lipinski definition) is 0. The molecular weight excluding hydrogens is 436 g/mol. The standard InChI is InChI=1S/C22H29ClN4O3S/c23-20-8-6-19(7-9-20)21(24-10-1-2-11-24)18-22(28)25-12-5-15-27(17-16-25)31(29,30)26-13-3-4-14-26/h1-2,6-11,21H,3-5,12-18H2/t21-/m1/s1. The van der Waals surface area contributed by atoms with Crippen molar-refractivity contribution in [2.75, 3.05) is 39.3 Å². The van der Waals surface area contributed by atoms with Crippen LogP contribution in [0.1, 0.15) is 37.3 Å². The molecule has 1 aromatic carbocycles. The Morgan fingerprint density at radius 2 is 1.48 bits per heavy atom. The van der Waals surface area contributed by atoms with E-state index in [0.29, 0.717) is 57.1 Å². The van der Waals surface area contributed by atoms with E-state index >= 15 is 0 Å². The summed E-state index contributed by atoms with van der Waals surface area (Å²) in [6.45, 7) is 3.00. The highest BCUT2D eigenvalue weighted by atomic mass is 35.5. The van der Waals surface area contributed by atoms with E-state index in [4.69, 9.17) is 11.6 Å². The van der Waals surface area contributed by atoms with Crippen molar-refractivity contribution in [3.63, 3.8) is 0 Å². The molecule has 0 radical (unpaired) electrons. The summed E-state index contributed by atoms with van der Waals surface area (Å²) in [6, 6.07) is 11.3. The molecule has 0 spiro atoms. The molecule has 168 valence electrons. The fourth-order valence-corrected chi connectivity index (χ4v) is 6.23. The quantitative estimate of drug-likeness (QED) is 0.660. The van der Waals surface area contributed by atoms with Crippen LogP contribution in [0.25, 0.3) is 0 Å². The number of aromatic nitrogens is 1. The molecule has 4 rings (SSSR count). The van der Waals surface area contributed by atoms with E-state index in [2.05, 4.69) is 0 Å². The molecule has 2 aliphatic heterocycles. The third kappa shape index (κ3) is 5.14. The molecule has 0 saturated carbocycles. The summed E-state index contributed by atoms with van der Waals surface area (Å²) in [5.41, 5.74) is 1.02. The van der Waals surface area contributed by atoms with Crippen molar-refractivity contribution < 1.29 is 13.2 Å². The van der Waals surface area contributed by atoms with Crippen LogP contribution < -0.4 is 0 Å². The topological polar surface area (TPSA) is 65.9 Å². The first-order valence-corrected chi connectivity index (χ1v) is 12.6. The van der Waals surface area contributed by atoms with Gasteiger partial charge in [0.15, 0.2) is 0 Å². The zero-order valence-electron chi connectivity index (χ0n) is 17.6. The van der Waals surface area contributed by atoms with E-state index in [1.807, 2.05) is 58.3 Å². The second kappa shape index (κ2) is 9.73. The summed E-state index contributed by atoms with van der Waals surface area (Å²) in [7, 11) is -3.43. The van der Waals surface area contributed by atoms with E-state index < -0.39 is 10.2 Å². The normalized spacial score (nSPS) is 20.0. The fraction of sp³-hybridized carbons (Fsp3) is 0.500. The van der Waals surface area contributed by atoms with Crippen molar-refractivity contribution in [3.05, 3.63) is 59.4 Å². The molecule has 31 heavy (non-hydrogen) atoms. The van der Waals surface area contributed by atoms with Gasteiger partial charge in [-0.1, -0.05) is 23.7 Å². The second-order valence-corrected chi connectivity index (χ2v) is 10.5. The van der Waals surface area contributed by atoms with Crippen molar-refractivity contribution in [2.24, 2.45) is 0 Å². The molecule has 2 aromatic rings. The van der Waals surface area contributed by atoms with Gasteiger partial charge in [0.25, 0.3) is 10.2 Å². The number of benzene rings is 1. The van der Waals surface area contributed by atoms with Gasteiger partial charge in [0.2, 0.25) is 5.91 Å². The Hall–Kier alpha value is -1.87. The zero-order valence-corrected chi connectivity index (χ0v) is 19.1. The van der Waals surface area contributed by atoms with Gasteiger partial charge in [0.1, 0.15) is 0 Å². The maximum absolute atomic E-state index is 13.2. The number of hydrogen-bond acceptors (Lipinski definition) is 3. The van der Waals surface area contributed by atoms with Crippen LogP contribution in [-0.2, 0) is 15.0 Å². The van der Waals surface area contributed by atoms with E-state index in [-0.39, 0.29) is 11.9 Å². The molecule has 1 aromatic heterocycles. The first-order chi connectivity index (χ1) is 14.9. The lowest BCUT2D eigenvalue weighted by molar-refractivity contribution is -0.131. The molecule has 9 heteroatoms. The van der Waals surface area contributed by atoms with Gasteiger partial charge in [0, 0.05) is 56.7 Å². The van der Waals surface area contributed by atoms with E-state index in [0.717, 1.165) is 18.4 Å². The smallest absolute Gasteiger partial charge is 0.282 e. The summed E-state index contributed by atoms with van der Waals surface area (Å²) in [4.78, 5) is 15.0. The minimum Gasteiger partial charge on any atom is -0.346 e. The molecule has 2 aliphatic rings. The van der Waals surface area contributed by atoms with Gasteiger partial charge in [-0.15, -0.1) is 0 Å². The molecule has 0 aliphatic carbocycles. The number of rotatable bonds is 6. The predicted molar refractivity (Wildman–Crippen MR) is 121 cm³/mol. The van der Waals surface area contributed by atoms with Crippen molar-refractivity contribution in [3.8, 4) is 0 Å². The lowest BCUT2D eigenvalue weighted by Gasteiger charge is -2.27. The highest BCUT2D eigenvalue weighted by Gasteiger charge is 2.33. The van der Waals surface area contributed by atoms with E-state index in [1.54, 1.807) is 8.61 Å². The van der Waals surface area contributed by atoms with E-state index in [1.165, 1.54) is 0 Å². The Morgan fingerprint density at radius 1 is 0.871 bits per heavy atom. The van der Waals surface area contributed by atoms with Crippen LogP contribution in [0, 0.1) is 0 Å². The molecule has 7 nitrogen and oxygen atoms in total. The molecule has 0 unspecified atom stereocenters. The van der Waals surface area contributed by atoms with Crippen LogP contribution in [0.15, 0.2) is 48.8 Å². The minimum absolute atomic E-state index is 0.0362. The molecule has 1 amide bonds. The van der Waals surface area contributed by atoms with Gasteiger partial charge < -0.3 is 9.47 Å². The summed E-state index contributed by atoms with van der Waals surface area (Å²) < 4.78 is 31.0. The molecular formula is C22H29ClN4O3S. The molecule has 2 fully saturated rings. The van der Waals surface area contributed by atoms with Gasteiger partial charge >= 0.3 is 0 Å². The second-order valence-electron chi connectivity index (χ2n) is 8.15. The summed E-state index contributed by atoms with van der Waals surface area (Å²) in [6.07, 6.45) is 6.72. The Labute approximate surface area is 189 Å². The van der Waals surface area contributed by atoms with Gasteiger partial charge in [-0.25, -0.2) is 0 Å². The average Bonchev–Trinajstić information content (AvgIpc) is 3.43. The number of nitrogens with zero attached hydrogens (tertiary/aromatic N) is 4. The summed E-state index contributed by atoms with van der Waals surface area (Å²) in [5.74, 6) is 0.0362. The third-order valence-electron chi connectivity index (χ3n) is 6.14. The Kier molecular flexibility index (Phi) is 7.01. The highest BCUT2D eigenvalue weighted by Crippen LogP contribution is 2.25. The lowest BCUT2D eigenvalue weighted by Crippen LogP contribution is -2.44. The minimum atomic E-state index is -3.43. The number of carbonyl (C=O) groups excluding carboxylic acids is 1. The SMILES string of the molecule is O=C(C[C@H](c1ccc(Cl)cc1)n1cccc1)N1CCCN(S(=O)(=O)N2CCCC2)CC1. The van der Waals surface area contributed by atoms with Crippen LogP contribution >= 0.6 is 11.6 Å². The first kappa shape index (κ1) is 22.3. The Balaban J connectivity index is 1.44. The van der Waals surface area contributed by atoms with E-state index in [9.17, 15) is 13.2 Å². The average molecular weight is 465 g/mol. The van der Waals surface area contributed by atoms with Crippen LogP contribution in [0.4, 0.5) is 0 Å². The largest absolute Gasteiger partial charge is 0.346 e. The number of halogens is 1. The first-order valence-electron chi connectivity index (χ1n) is 10.9. The molecule has 2 saturated heterocycles. The van der Waals surface area contributed by atoms with Gasteiger partial charge in [-0.3, -0.25) is 4.79 Å². The van der Waals surface area contributed by atoms with Crippen LogP contribution in [0.5, 0.6) is 0 Å². The number of amides is 1. The van der Waals surface area contributed by atoms with Gasteiger partial charge in [-0.05, 0) is 49.1 Å². The maximum Gasteiger partial charge on any atom is 0.282 e. The van der Waals surface area contributed by atoms with Gasteiger partial charge in [-0.2, -0.15) is 17.0 Å². The molecule has 0 bridgehead atoms. The van der Waals surface area contributed by atoms with Crippen LogP contribution in [0.2, 0.25) is 5.02 Å². The van der Waals surface area contributed by atoms with Crippen molar-refractivity contribution in [1.29, 1.82) is 0 Å². The fourth-order valence-electron chi connectivity index (χ4n) is 4.39. The molecule has 3 heterocycles. The van der Waals surface area contributed by atoms with Crippen molar-refractivity contribution in [2.45, 2.75) is 31.7 Å². The lowest BCUT2D eigenvalue weighted by atomic mass is 10.0. The maximum atomic E-state index is 13.2. The van der Waals surface area contributed by atoms with Gasteiger partial charge in [0.05, 0.1) is 12.5 Å². The number of carbonyl (C=O) groups is 1. The third-order valence-corrected chi connectivity index (χ3v) is 8.42. The summed E-state index contributed by atoms with van der Waals surface area (Å²) >= 11 is 6.05. The zero-order chi connectivity index (χ0) is 21.8. The predicted octanol–water partition coefficient (Wildman–Crippen LogP) is 3.00. The van der Waals surface area contributed by atoms with Crippen molar-refractivity contribution in [1.82, 2.24) is 18.1 Å². The van der Waals surface area contributed by atoms with Crippen LogP contribution in [0.3, 0.4) is 0 Å². The summed E-state index contributed by atoms with van der Waals surface area (Å²) in [5, 5.41) is 0.660.